The highest BCUT2D eigenvalue weighted by Crippen LogP contribution is 2.17. The summed E-state index contributed by atoms with van der Waals surface area (Å²) in [6.07, 6.45) is 2.05. The Kier molecular flexibility index (Phi) is 4.29. The summed E-state index contributed by atoms with van der Waals surface area (Å²) >= 11 is 0. The fourth-order valence-electron chi connectivity index (χ4n) is 1.82. The quantitative estimate of drug-likeness (QED) is 0.609. The standard InChI is InChI=1S/C11H22N2O3/c1-3-4-10(2,12)9(14)13-7-11(15)5-6-16-8-11/h15H,3-8,12H2,1-2H3,(H,13,14). The Morgan fingerprint density at radius 2 is 2.38 bits per heavy atom. The first-order chi connectivity index (χ1) is 7.40. The summed E-state index contributed by atoms with van der Waals surface area (Å²) in [5, 5.41) is 12.7. The molecule has 0 radical (unpaired) electrons. The molecule has 0 spiro atoms. The van der Waals surface area contributed by atoms with Crippen molar-refractivity contribution >= 4 is 5.91 Å². The van der Waals surface area contributed by atoms with Crippen LogP contribution in [0.5, 0.6) is 0 Å². The monoisotopic (exact) mass is 230 g/mol. The molecule has 1 aliphatic heterocycles. The maximum Gasteiger partial charge on any atom is 0.239 e. The second-order valence-electron chi connectivity index (χ2n) is 4.88. The lowest BCUT2D eigenvalue weighted by atomic mass is 9.95. The molecule has 2 atom stereocenters. The van der Waals surface area contributed by atoms with Crippen LogP contribution in [0.2, 0.25) is 0 Å². The van der Waals surface area contributed by atoms with E-state index in [9.17, 15) is 9.90 Å². The minimum Gasteiger partial charge on any atom is -0.386 e. The first-order valence-electron chi connectivity index (χ1n) is 5.77. The van der Waals surface area contributed by atoms with Gasteiger partial charge in [0.15, 0.2) is 0 Å². The topological polar surface area (TPSA) is 84.6 Å². The van der Waals surface area contributed by atoms with E-state index in [-0.39, 0.29) is 19.1 Å². The molecule has 1 aliphatic rings. The third kappa shape index (κ3) is 3.43. The molecule has 0 aromatic carbocycles. The minimum atomic E-state index is -0.919. The van der Waals surface area contributed by atoms with Crippen LogP contribution in [0.25, 0.3) is 0 Å². The fraction of sp³-hybridized carbons (Fsp3) is 0.909. The zero-order chi connectivity index (χ0) is 12.2. The van der Waals surface area contributed by atoms with Crippen molar-refractivity contribution < 1.29 is 14.6 Å². The van der Waals surface area contributed by atoms with Crippen LogP contribution >= 0.6 is 0 Å². The molecule has 0 aromatic heterocycles. The molecule has 2 unspecified atom stereocenters. The summed E-state index contributed by atoms with van der Waals surface area (Å²) in [5.41, 5.74) is 4.10. The lowest BCUT2D eigenvalue weighted by Gasteiger charge is -2.26. The number of carbonyl (C=O) groups excluding carboxylic acids is 1. The zero-order valence-electron chi connectivity index (χ0n) is 10.1. The number of carbonyl (C=O) groups is 1. The third-order valence-corrected chi connectivity index (χ3v) is 2.95. The molecule has 5 heteroatoms. The van der Waals surface area contributed by atoms with Gasteiger partial charge in [-0.2, -0.15) is 0 Å². The van der Waals surface area contributed by atoms with Crippen LogP contribution < -0.4 is 11.1 Å². The van der Waals surface area contributed by atoms with Crippen molar-refractivity contribution in [2.24, 2.45) is 5.73 Å². The normalized spacial score (nSPS) is 28.8. The maximum absolute atomic E-state index is 11.8. The predicted octanol–water partition coefficient (Wildman–Crippen LogP) is -0.228. The molecule has 0 aliphatic carbocycles. The Morgan fingerprint density at radius 1 is 1.69 bits per heavy atom. The van der Waals surface area contributed by atoms with Gasteiger partial charge in [0, 0.05) is 19.6 Å². The molecule has 1 rings (SSSR count). The van der Waals surface area contributed by atoms with E-state index in [2.05, 4.69) is 5.32 Å². The molecule has 1 heterocycles. The zero-order valence-corrected chi connectivity index (χ0v) is 10.1. The number of amides is 1. The third-order valence-electron chi connectivity index (χ3n) is 2.95. The van der Waals surface area contributed by atoms with E-state index in [0.29, 0.717) is 19.4 Å². The van der Waals surface area contributed by atoms with Crippen molar-refractivity contribution in [1.82, 2.24) is 5.32 Å². The van der Waals surface area contributed by atoms with Gasteiger partial charge >= 0.3 is 0 Å². The number of aliphatic hydroxyl groups is 1. The van der Waals surface area contributed by atoms with Crippen LogP contribution in [-0.2, 0) is 9.53 Å². The molecule has 94 valence electrons. The van der Waals surface area contributed by atoms with Crippen LogP contribution in [0, 0.1) is 0 Å². The van der Waals surface area contributed by atoms with E-state index >= 15 is 0 Å². The van der Waals surface area contributed by atoms with Gasteiger partial charge in [-0.1, -0.05) is 13.3 Å². The van der Waals surface area contributed by atoms with E-state index in [4.69, 9.17) is 10.5 Å². The van der Waals surface area contributed by atoms with Crippen molar-refractivity contribution in [3.8, 4) is 0 Å². The van der Waals surface area contributed by atoms with Gasteiger partial charge in [-0.15, -0.1) is 0 Å². The Morgan fingerprint density at radius 3 is 2.88 bits per heavy atom. The number of hydrogen-bond donors (Lipinski definition) is 3. The van der Waals surface area contributed by atoms with Crippen molar-refractivity contribution in [3.05, 3.63) is 0 Å². The van der Waals surface area contributed by atoms with Crippen LogP contribution in [0.15, 0.2) is 0 Å². The Labute approximate surface area is 96.3 Å². The lowest BCUT2D eigenvalue weighted by molar-refractivity contribution is -0.127. The van der Waals surface area contributed by atoms with Gasteiger partial charge in [0.2, 0.25) is 5.91 Å². The van der Waals surface area contributed by atoms with Crippen LogP contribution in [0.4, 0.5) is 0 Å². The summed E-state index contributed by atoms with van der Waals surface area (Å²) in [6.45, 7) is 4.73. The van der Waals surface area contributed by atoms with Crippen LogP contribution in [-0.4, -0.2) is 41.9 Å². The average molecular weight is 230 g/mol. The number of rotatable bonds is 5. The van der Waals surface area contributed by atoms with Gasteiger partial charge in [0.1, 0.15) is 5.60 Å². The molecule has 16 heavy (non-hydrogen) atoms. The number of nitrogens with one attached hydrogen (secondary N) is 1. The van der Waals surface area contributed by atoms with Gasteiger partial charge in [-0.25, -0.2) is 0 Å². The minimum absolute atomic E-state index is 0.211. The Balaban J connectivity index is 2.40. The molecule has 1 saturated heterocycles. The highest BCUT2D eigenvalue weighted by Gasteiger charge is 2.34. The number of nitrogens with two attached hydrogens (primary N) is 1. The maximum atomic E-state index is 11.8. The van der Waals surface area contributed by atoms with Crippen molar-refractivity contribution in [2.45, 2.75) is 44.2 Å². The van der Waals surface area contributed by atoms with Crippen LogP contribution in [0.3, 0.4) is 0 Å². The summed E-state index contributed by atoms with van der Waals surface area (Å²) in [5.74, 6) is -0.213. The van der Waals surface area contributed by atoms with E-state index in [1.807, 2.05) is 6.92 Å². The first-order valence-corrected chi connectivity index (χ1v) is 5.77. The van der Waals surface area contributed by atoms with E-state index in [1.165, 1.54) is 0 Å². The van der Waals surface area contributed by atoms with Crippen molar-refractivity contribution in [2.75, 3.05) is 19.8 Å². The predicted molar refractivity (Wildman–Crippen MR) is 60.9 cm³/mol. The van der Waals surface area contributed by atoms with Gasteiger partial charge in [0.05, 0.1) is 12.1 Å². The fourth-order valence-corrected chi connectivity index (χ4v) is 1.82. The summed E-state index contributed by atoms with van der Waals surface area (Å²) in [6, 6.07) is 0. The molecule has 0 aromatic rings. The van der Waals surface area contributed by atoms with Crippen molar-refractivity contribution in [1.29, 1.82) is 0 Å². The number of ether oxygens (including phenoxy) is 1. The SMILES string of the molecule is CCCC(C)(N)C(=O)NCC1(O)CCOC1. The van der Waals surface area contributed by atoms with E-state index < -0.39 is 11.1 Å². The lowest BCUT2D eigenvalue weighted by Crippen LogP contribution is -2.55. The largest absolute Gasteiger partial charge is 0.386 e. The van der Waals surface area contributed by atoms with Gasteiger partial charge in [-0.05, 0) is 13.3 Å². The molecule has 5 nitrogen and oxygen atoms in total. The van der Waals surface area contributed by atoms with Gasteiger partial charge in [-0.3, -0.25) is 4.79 Å². The smallest absolute Gasteiger partial charge is 0.239 e. The second kappa shape index (κ2) is 5.12. The highest BCUT2D eigenvalue weighted by molar-refractivity contribution is 5.85. The highest BCUT2D eigenvalue weighted by atomic mass is 16.5. The molecular weight excluding hydrogens is 208 g/mol. The summed E-state index contributed by atoms with van der Waals surface area (Å²) < 4.78 is 5.09. The number of hydrogen-bond acceptors (Lipinski definition) is 4. The van der Waals surface area contributed by atoms with Gasteiger partial charge < -0.3 is 20.9 Å². The molecule has 0 saturated carbocycles. The van der Waals surface area contributed by atoms with Crippen LogP contribution in [0.1, 0.15) is 33.1 Å². The summed E-state index contributed by atoms with van der Waals surface area (Å²) in [4.78, 5) is 11.8. The average Bonchev–Trinajstić information content (AvgIpc) is 2.62. The molecule has 1 amide bonds. The second-order valence-corrected chi connectivity index (χ2v) is 4.88. The molecule has 0 bridgehead atoms. The van der Waals surface area contributed by atoms with Crippen molar-refractivity contribution in [3.63, 3.8) is 0 Å². The van der Waals surface area contributed by atoms with Gasteiger partial charge in [0.25, 0.3) is 0 Å². The Bertz CT molecular complexity index is 248. The molecular formula is C11H22N2O3. The van der Waals surface area contributed by atoms with E-state index in [0.717, 1.165) is 6.42 Å². The molecule has 4 N–H and O–H groups in total. The Hall–Kier alpha value is -0.650. The first kappa shape index (κ1) is 13.4. The summed E-state index contributed by atoms with van der Waals surface area (Å²) in [7, 11) is 0. The van der Waals surface area contributed by atoms with E-state index in [1.54, 1.807) is 6.92 Å². The molecule has 1 fully saturated rings.